The molecule has 4 nitrogen and oxygen atoms in total. The summed E-state index contributed by atoms with van der Waals surface area (Å²) in [5.41, 5.74) is 2.00. The molecule has 19 heavy (non-hydrogen) atoms. The third-order valence-corrected chi connectivity index (χ3v) is 3.34. The monoisotopic (exact) mass is 282 g/mol. The number of halogens is 1. The first-order valence-corrected chi connectivity index (χ1v) is 6.81. The van der Waals surface area contributed by atoms with E-state index < -0.39 is 0 Å². The number of aromatic nitrogens is 2. The Morgan fingerprint density at radius 1 is 1.37 bits per heavy atom. The predicted molar refractivity (Wildman–Crippen MR) is 76.9 cm³/mol. The molecule has 0 saturated heterocycles. The van der Waals surface area contributed by atoms with Crippen LogP contribution in [0.4, 0.5) is 0 Å². The van der Waals surface area contributed by atoms with Gasteiger partial charge in [-0.15, -0.1) is 11.6 Å². The molecule has 0 amide bonds. The average molecular weight is 283 g/mol. The Kier molecular flexibility index (Phi) is 4.66. The van der Waals surface area contributed by atoms with Crippen molar-refractivity contribution in [1.82, 2.24) is 9.55 Å². The number of alkyl halides is 1. The Morgan fingerprint density at radius 3 is 2.79 bits per heavy atom. The fourth-order valence-electron chi connectivity index (χ4n) is 2.23. The second-order valence-corrected chi connectivity index (χ2v) is 4.95. The van der Waals surface area contributed by atoms with Gasteiger partial charge in [-0.1, -0.05) is 6.92 Å². The van der Waals surface area contributed by atoms with Crippen molar-refractivity contribution in [3.8, 4) is 5.75 Å². The molecule has 1 aromatic heterocycles. The molecule has 104 valence electrons. The van der Waals surface area contributed by atoms with Gasteiger partial charge in [0.2, 0.25) is 0 Å². The topological polar surface area (TPSA) is 36.3 Å². The van der Waals surface area contributed by atoms with E-state index in [1.54, 1.807) is 14.2 Å². The van der Waals surface area contributed by atoms with Crippen molar-refractivity contribution in [1.29, 1.82) is 0 Å². The summed E-state index contributed by atoms with van der Waals surface area (Å²) in [7, 11) is 3.38. The summed E-state index contributed by atoms with van der Waals surface area (Å²) in [5.74, 6) is 2.51. The fraction of sp³-hybridized carbons (Fsp3) is 0.500. The quantitative estimate of drug-likeness (QED) is 0.764. The van der Waals surface area contributed by atoms with Crippen molar-refractivity contribution in [3.63, 3.8) is 0 Å². The van der Waals surface area contributed by atoms with E-state index in [2.05, 4.69) is 16.5 Å². The standard InChI is InChI=1S/C14H19ClN2O2/c1-10(9-18-2)8-17-13-6-11(19-3)4-5-12(13)16-14(17)7-15/h4-6,10H,7-9H2,1-3H3. The van der Waals surface area contributed by atoms with Crippen LogP contribution in [0.3, 0.4) is 0 Å². The molecule has 0 bridgehead atoms. The largest absolute Gasteiger partial charge is 0.497 e. The van der Waals surface area contributed by atoms with Gasteiger partial charge in [0.25, 0.3) is 0 Å². The number of rotatable bonds is 6. The normalized spacial score (nSPS) is 12.8. The summed E-state index contributed by atoms with van der Waals surface area (Å²) < 4.78 is 12.6. The molecule has 2 rings (SSSR count). The predicted octanol–water partition coefficient (Wildman–Crippen LogP) is 3.07. The lowest BCUT2D eigenvalue weighted by molar-refractivity contribution is 0.151. The van der Waals surface area contributed by atoms with Gasteiger partial charge in [-0.3, -0.25) is 0 Å². The van der Waals surface area contributed by atoms with Crippen molar-refractivity contribution in [2.45, 2.75) is 19.3 Å². The van der Waals surface area contributed by atoms with Crippen LogP contribution in [-0.4, -0.2) is 30.4 Å². The average Bonchev–Trinajstić information content (AvgIpc) is 2.76. The highest BCUT2D eigenvalue weighted by atomic mass is 35.5. The van der Waals surface area contributed by atoms with E-state index >= 15 is 0 Å². The summed E-state index contributed by atoms with van der Waals surface area (Å²) in [4.78, 5) is 4.55. The zero-order chi connectivity index (χ0) is 13.8. The third-order valence-electron chi connectivity index (χ3n) is 3.10. The van der Waals surface area contributed by atoms with Crippen LogP contribution in [0.15, 0.2) is 18.2 Å². The maximum absolute atomic E-state index is 5.99. The van der Waals surface area contributed by atoms with Crippen LogP contribution >= 0.6 is 11.6 Å². The van der Waals surface area contributed by atoms with E-state index in [4.69, 9.17) is 21.1 Å². The van der Waals surface area contributed by atoms with Crippen LogP contribution < -0.4 is 4.74 Å². The van der Waals surface area contributed by atoms with Gasteiger partial charge in [0.05, 0.1) is 30.6 Å². The number of methoxy groups -OCH3 is 2. The molecular formula is C14H19ClN2O2. The number of benzene rings is 1. The first-order valence-electron chi connectivity index (χ1n) is 6.27. The van der Waals surface area contributed by atoms with Gasteiger partial charge in [-0.25, -0.2) is 4.98 Å². The highest BCUT2D eigenvalue weighted by Gasteiger charge is 2.13. The molecule has 2 aromatic rings. The molecule has 0 aliphatic heterocycles. The molecule has 0 spiro atoms. The highest BCUT2D eigenvalue weighted by molar-refractivity contribution is 6.16. The first kappa shape index (κ1) is 14.2. The van der Waals surface area contributed by atoms with Gasteiger partial charge in [-0.2, -0.15) is 0 Å². The molecule has 1 atom stereocenters. The lowest BCUT2D eigenvalue weighted by Gasteiger charge is -2.14. The third kappa shape index (κ3) is 3.01. The number of imidazole rings is 1. The summed E-state index contributed by atoms with van der Waals surface area (Å²) in [5, 5.41) is 0. The summed E-state index contributed by atoms with van der Waals surface area (Å²) in [6, 6.07) is 5.87. The van der Waals surface area contributed by atoms with Gasteiger partial charge in [0.15, 0.2) is 0 Å². The van der Waals surface area contributed by atoms with E-state index in [1.807, 2.05) is 18.2 Å². The molecule has 0 N–H and O–H groups in total. The Bertz CT molecular complexity index is 554. The van der Waals surface area contributed by atoms with E-state index in [1.165, 1.54) is 0 Å². The molecule has 0 fully saturated rings. The van der Waals surface area contributed by atoms with Crippen LogP contribution in [0.25, 0.3) is 11.0 Å². The molecule has 0 aliphatic carbocycles. The second-order valence-electron chi connectivity index (χ2n) is 4.69. The number of nitrogens with zero attached hydrogens (tertiary/aromatic N) is 2. The van der Waals surface area contributed by atoms with E-state index in [-0.39, 0.29) is 0 Å². The molecule has 0 radical (unpaired) electrons. The van der Waals surface area contributed by atoms with E-state index in [0.717, 1.165) is 29.2 Å². The van der Waals surface area contributed by atoms with Gasteiger partial charge >= 0.3 is 0 Å². The number of ether oxygens (including phenoxy) is 2. The van der Waals surface area contributed by atoms with Crippen molar-refractivity contribution < 1.29 is 9.47 Å². The van der Waals surface area contributed by atoms with Crippen molar-refractivity contribution >= 4 is 22.6 Å². The van der Waals surface area contributed by atoms with E-state index in [0.29, 0.717) is 18.4 Å². The minimum Gasteiger partial charge on any atom is -0.497 e. The van der Waals surface area contributed by atoms with E-state index in [9.17, 15) is 0 Å². The first-order chi connectivity index (χ1) is 9.19. The second kappa shape index (κ2) is 6.26. The maximum Gasteiger partial charge on any atom is 0.124 e. The minimum atomic E-state index is 0.399. The minimum absolute atomic E-state index is 0.399. The molecular weight excluding hydrogens is 264 g/mol. The number of hydrogen-bond acceptors (Lipinski definition) is 3. The maximum atomic E-state index is 5.99. The van der Waals surface area contributed by atoms with Crippen LogP contribution in [0.5, 0.6) is 5.75 Å². The zero-order valence-electron chi connectivity index (χ0n) is 11.5. The summed E-state index contributed by atoms with van der Waals surface area (Å²) in [6.07, 6.45) is 0. The van der Waals surface area contributed by atoms with Gasteiger partial charge < -0.3 is 14.0 Å². The lowest BCUT2D eigenvalue weighted by Crippen LogP contribution is -2.14. The number of fused-ring (bicyclic) bond motifs is 1. The van der Waals surface area contributed by atoms with Crippen LogP contribution in [0.2, 0.25) is 0 Å². The van der Waals surface area contributed by atoms with Gasteiger partial charge in [-0.05, 0) is 18.1 Å². The molecule has 1 unspecified atom stereocenters. The zero-order valence-corrected chi connectivity index (χ0v) is 12.3. The molecule has 0 saturated carbocycles. The Labute approximate surface area is 118 Å². The van der Waals surface area contributed by atoms with Crippen molar-refractivity contribution in [2.75, 3.05) is 20.8 Å². The lowest BCUT2D eigenvalue weighted by atomic mass is 10.2. The van der Waals surface area contributed by atoms with Crippen molar-refractivity contribution in [3.05, 3.63) is 24.0 Å². The smallest absolute Gasteiger partial charge is 0.124 e. The Hall–Kier alpha value is -1.26. The fourth-order valence-corrected chi connectivity index (χ4v) is 2.44. The van der Waals surface area contributed by atoms with Gasteiger partial charge in [0, 0.05) is 19.7 Å². The van der Waals surface area contributed by atoms with Crippen molar-refractivity contribution in [2.24, 2.45) is 5.92 Å². The molecule has 5 heteroatoms. The molecule has 0 aliphatic rings. The SMILES string of the molecule is COCC(C)Cn1c(CCl)nc2ccc(OC)cc21. The summed E-state index contributed by atoms with van der Waals surface area (Å²) >= 11 is 5.99. The van der Waals surface area contributed by atoms with Crippen LogP contribution in [-0.2, 0) is 17.2 Å². The van der Waals surface area contributed by atoms with Gasteiger partial charge in [0.1, 0.15) is 11.6 Å². The summed E-state index contributed by atoms with van der Waals surface area (Å²) in [6.45, 7) is 3.69. The highest BCUT2D eigenvalue weighted by Crippen LogP contribution is 2.23. The molecule has 1 aromatic carbocycles. The van der Waals surface area contributed by atoms with Crippen LogP contribution in [0, 0.1) is 5.92 Å². The Balaban J connectivity index is 2.42. The molecule has 1 heterocycles. The van der Waals surface area contributed by atoms with Crippen LogP contribution in [0.1, 0.15) is 12.7 Å². The number of hydrogen-bond donors (Lipinski definition) is 0. The Morgan fingerprint density at radius 2 is 2.16 bits per heavy atom.